The number of carbonyl (C=O) groups excluding carboxylic acids is 1. The number of carboxylic acids is 1. The molecular weight excluding hydrogens is 315 g/mol. The molecule has 8 heteroatoms. The molecule has 2 aliphatic rings. The zero-order valence-electron chi connectivity index (χ0n) is 13.4. The van der Waals surface area contributed by atoms with E-state index in [0.29, 0.717) is 19.4 Å². The van der Waals surface area contributed by atoms with Crippen LogP contribution in [0.4, 0.5) is 0 Å². The second-order valence-electron chi connectivity index (χ2n) is 5.71. The van der Waals surface area contributed by atoms with Gasteiger partial charge in [-0.05, 0) is 45.4 Å². The average molecular weight is 344 g/mol. The van der Waals surface area contributed by atoms with E-state index in [0.717, 1.165) is 25.7 Å². The number of carboxylic acid groups (broad SMARTS) is 1. The smallest absolute Gasteiger partial charge is 0.870 e. The van der Waals surface area contributed by atoms with Crippen molar-refractivity contribution in [3.63, 3.8) is 0 Å². The van der Waals surface area contributed by atoms with Crippen LogP contribution in [0.25, 0.3) is 0 Å². The minimum Gasteiger partial charge on any atom is -0.870 e. The Morgan fingerprint density at radius 1 is 1.00 bits per heavy atom. The summed E-state index contributed by atoms with van der Waals surface area (Å²) in [7, 11) is 0. The molecule has 4 N–H and O–H groups in total. The fourth-order valence-electron chi connectivity index (χ4n) is 2.29. The number of aliphatic hydroxyl groups is 2. The van der Waals surface area contributed by atoms with E-state index in [1.54, 1.807) is 6.92 Å². The molecule has 0 aliphatic heterocycles. The van der Waals surface area contributed by atoms with E-state index in [4.69, 9.17) is 9.84 Å². The van der Waals surface area contributed by atoms with Crippen LogP contribution in [-0.2, 0) is 14.3 Å². The maximum Gasteiger partial charge on any atom is 1.00 e. The molecule has 0 atom stereocenters. The molecular formula is C15H29NaO7. The van der Waals surface area contributed by atoms with Gasteiger partial charge in [0.25, 0.3) is 0 Å². The quantitative estimate of drug-likeness (QED) is 0.416. The van der Waals surface area contributed by atoms with Gasteiger partial charge in [0.2, 0.25) is 0 Å². The summed E-state index contributed by atoms with van der Waals surface area (Å²) in [6.45, 7) is 2.16. The van der Waals surface area contributed by atoms with Crippen LogP contribution >= 0.6 is 0 Å². The molecule has 0 amide bonds. The fourth-order valence-corrected chi connectivity index (χ4v) is 2.29. The van der Waals surface area contributed by atoms with Crippen LogP contribution in [0, 0.1) is 0 Å². The van der Waals surface area contributed by atoms with Gasteiger partial charge < -0.3 is 25.5 Å². The summed E-state index contributed by atoms with van der Waals surface area (Å²) in [5.74, 6) is -1.19. The second-order valence-corrected chi connectivity index (χ2v) is 5.71. The third-order valence-corrected chi connectivity index (χ3v) is 3.83. The molecule has 0 aromatic carbocycles. The van der Waals surface area contributed by atoms with E-state index in [1.165, 1.54) is 0 Å². The Morgan fingerprint density at radius 2 is 1.39 bits per heavy atom. The standard InChI is InChI=1S/C8H14O3.C6H10O3.CH4.Na.H2O/c1-2-11-7(9)6-8(10)4-3-5-8;7-5(8)4-6(9)2-1-3-6;;;/h10H,2-6H2,1H3;9H,1-4H2,(H,7,8);1H4;;1H2/q;;;+1;/p-1. The topological polar surface area (TPSA) is 134 Å². The Hall–Kier alpha value is -0.180. The maximum absolute atomic E-state index is 10.9. The monoisotopic (exact) mass is 344 g/mol. The van der Waals surface area contributed by atoms with Crippen LogP contribution in [0.1, 0.15) is 65.7 Å². The summed E-state index contributed by atoms with van der Waals surface area (Å²) < 4.78 is 4.71. The molecule has 2 aliphatic carbocycles. The number of esters is 1. The number of hydrogen-bond acceptors (Lipinski definition) is 6. The summed E-state index contributed by atoms with van der Waals surface area (Å²) in [6, 6.07) is 0. The normalized spacial score (nSPS) is 18.7. The zero-order chi connectivity index (χ0) is 15.2. The average Bonchev–Trinajstić information content (AvgIpc) is 2.25. The van der Waals surface area contributed by atoms with E-state index in [-0.39, 0.29) is 61.3 Å². The van der Waals surface area contributed by atoms with Gasteiger partial charge in [0, 0.05) is 0 Å². The summed E-state index contributed by atoms with van der Waals surface area (Å²) in [6.07, 6.45) is 4.85. The van der Waals surface area contributed by atoms with Gasteiger partial charge >= 0.3 is 41.5 Å². The summed E-state index contributed by atoms with van der Waals surface area (Å²) in [4.78, 5) is 20.9. The van der Waals surface area contributed by atoms with E-state index < -0.39 is 17.2 Å². The molecule has 7 nitrogen and oxygen atoms in total. The SMILES string of the molecule is C.CCOC(=O)CC1(O)CCC1.O=C(O)CC1(O)CCC1.[Na+].[OH-]. The Morgan fingerprint density at radius 3 is 1.61 bits per heavy atom. The van der Waals surface area contributed by atoms with Gasteiger partial charge in [-0.2, -0.15) is 0 Å². The molecule has 0 saturated heterocycles. The summed E-state index contributed by atoms with van der Waals surface area (Å²) >= 11 is 0. The first kappa shape index (κ1) is 27.7. The number of ether oxygens (including phenoxy) is 1. The molecule has 0 unspecified atom stereocenters. The Bertz CT molecular complexity index is 352. The maximum atomic E-state index is 10.9. The van der Waals surface area contributed by atoms with Crippen molar-refractivity contribution in [1.82, 2.24) is 0 Å². The van der Waals surface area contributed by atoms with Crippen molar-refractivity contribution in [3.8, 4) is 0 Å². The molecule has 2 saturated carbocycles. The molecule has 0 heterocycles. The third kappa shape index (κ3) is 10.3. The van der Waals surface area contributed by atoms with Gasteiger partial charge in [-0.3, -0.25) is 9.59 Å². The van der Waals surface area contributed by atoms with Crippen LogP contribution in [0.2, 0.25) is 0 Å². The van der Waals surface area contributed by atoms with Crippen LogP contribution in [0.15, 0.2) is 0 Å². The van der Waals surface area contributed by atoms with Gasteiger partial charge in [-0.1, -0.05) is 7.43 Å². The summed E-state index contributed by atoms with van der Waals surface area (Å²) in [5.41, 5.74) is -1.59. The number of carbonyl (C=O) groups is 2. The molecule has 0 radical (unpaired) electrons. The van der Waals surface area contributed by atoms with Gasteiger partial charge in [-0.15, -0.1) is 0 Å². The fraction of sp³-hybridized carbons (Fsp3) is 0.867. The van der Waals surface area contributed by atoms with Gasteiger partial charge in [0.1, 0.15) is 0 Å². The van der Waals surface area contributed by atoms with E-state index in [9.17, 15) is 19.8 Å². The van der Waals surface area contributed by atoms with Crippen molar-refractivity contribution < 1.29 is 64.7 Å². The van der Waals surface area contributed by atoms with Gasteiger partial charge in [-0.25, -0.2) is 0 Å². The van der Waals surface area contributed by atoms with Crippen molar-refractivity contribution in [2.75, 3.05) is 6.61 Å². The van der Waals surface area contributed by atoms with Crippen LogP contribution in [0.5, 0.6) is 0 Å². The number of hydrogen-bond donors (Lipinski definition) is 3. The van der Waals surface area contributed by atoms with Crippen LogP contribution in [0.3, 0.4) is 0 Å². The van der Waals surface area contributed by atoms with Crippen molar-refractivity contribution in [2.45, 2.75) is 76.9 Å². The first-order valence-corrected chi connectivity index (χ1v) is 7.11. The second kappa shape index (κ2) is 12.2. The van der Waals surface area contributed by atoms with Crippen LogP contribution in [-0.4, -0.2) is 50.5 Å². The third-order valence-electron chi connectivity index (χ3n) is 3.83. The Labute approximate surface area is 160 Å². The zero-order valence-corrected chi connectivity index (χ0v) is 15.4. The minimum atomic E-state index is -0.905. The van der Waals surface area contributed by atoms with E-state index in [2.05, 4.69) is 0 Å². The molecule has 0 bridgehead atoms. The molecule has 23 heavy (non-hydrogen) atoms. The van der Waals surface area contributed by atoms with Crippen molar-refractivity contribution in [1.29, 1.82) is 0 Å². The van der Waals surface area contributed by atoms with Gasteiger partial charge in [0.05, 0.1) is 30.7 Å². The van der Waals surface area contributed by atoms with Gasteiger partial charge in [0.15, 0.2) is 0 Å². The summed E-state index contributed by atoms with van der Waals surface area (Å²) in [5, 5.41) is 27.0. The first-order chi connectivity index (χ1) is 9.29. The van der Waals surface area contributed by atoms with Crippen LogP contribution < -0.4 is 29.6 Å². The van der Waals surface area contributed by atoms with E-state index in [1.807, 2.05) is 0 Å². The predicted molar refractivity (Wildman–Crippen MR) is 79.8 cm³/mol. The first-order valence-electron chi connectivity index (χ1n) is 7.11. The molecule has 0 aromatic heterocycles. The molecule has 132 valence electrons. The number of rotatable bonds is 5. The molecule has 2 fully saturated rings. The molecule has 0 spiro atoms. The number of aliphatic carboxylic acids is 1. The van der Waals surface area contributed by atoms with Crippen molar-refractivity contribution >= 4 is 11.9 Å². The molecule has 0 aromatic rings. The minimum absolute atomic E-state index is 0. The van der Waals surface area contributed by atoms with E-state index >= 15 is 0 Å². The Balaban J connectivity index is -0.000000312. The van der Waals surface area contributed by atoms with Crippen molar-refractivity contribution in [2.24, 2.45) is 0 Å². The molecule has 2 rings (SSSR count). The largest absolute Gasteiger partial charge is 1.00 e. The predicted octanol–water partition coefficient (Wildman–Crippen LogP) is -1.31. The van der Waals surface area contributed by atoms with Crippen molar-refractivity contribution in [3.05, 3.63) is 0 Å². The Kier molecular flexibility index (Phi) is 14.7.